The van der Waals surface area contributed by atoms with Crippen molar-refractivity contribution < 1.29 is 4.79 Å². The number of anilines is 1. The summed E-state index contributed by atoms with van der Waals surface area (Å²) in [6, 6.07) is 6.90. The van der Waals surface area contributed by atoms with Crippen LogP contribution in [-0.4, -0.2) is 23.9 Å². The van der Waals surface area contributed by atoms with Gasteiger partial charge in [0.25, 0.3) is 5.91 Å². The summed E-state index contributed by atoms with van der Waals surface area (Å²) in [6.45, 7) is 5.10. The Bertz CT molecular complexity index is 494. The molecule has 0 spiro atoms. The van der Waals surface area contributed by atoms with Crippen molar-refractivity contribution in [2.45, 2.75) is 20.3 Å². The fourth-order valence-electron chi connectivity index (χ4n) is 1.74. The molecule has 19 heavy (non-hydrogen) atoms. The van der Waals surface area contributed by atoms with Gasteiger partial charge in [-0.25, -0.2) is 0 Å². The molecule has 1 aromatic carbocycles. The highest BCUT2D eigenvalue weighted by molar-refractivity contribution is 6.33. The van der Waals surface area contributed by atoms with Gasteiger partial charge in [-0.15, -0.1) is 0 Å². The number of nitriles is 1. The summed E-state index contributed by atoms with van der Waals surface area (Å²) in [7, 11) is 0. The Hall–Kier alpha value is -1.73. The first-order valence-corrected chi connectivity index (χ1v) is 6.54. The third-order valence-electron chi connectivity index (χ3n) is 2.61. The van der Waals surface area contributed by atoms with Crippen molar-refractivity contribution in [1.29, 1.82) is 5.26 Å². The van der Waals surface area contributed by atoms with Gasteiger partial charge in [0.05, 0.1) is 23.2 Å². The van der Waals surface area contributed by atoms with Crippen LogP contribution in [0.4, 0.5) is 5.69 Å². The van der Waals surface area contributed by atoms with Crippen molar-refractivity contribution in [3.05, 3.63) is 28.8 Å². The predicted octanol–water partition coefficient (Wildman–Crippen LogP) is 2.93. The zero-order valence-corrected chi connectivity index (χ0v) is 11.9. The van der Waals surface area contributed by atoms with E-state index in [0.717, 1.165) is 0 Å². The molecule has 0 heterocycles. The Kier molecular flexibility index (Phi) is 5.65. The number of nitrogens with zero attached hydrogens (tertiary/aromatic N) is 2. The molecule has 5 heteroatoms. The minimum Gasteiger partial charge on any atom is -0.398 e. The first kappa shape index (κ1) is 15.3. The zero-order chi connectivity index (χ0) is 14.4. The Morgan fingerprint density at radius 1 is 1.53 bits per heavy atom. The molecule has 1 rings (SSSR count). The molecule has 0 saturated heterocycles. The largest absolute Gasteiger partial charge is 0.398 e. The molecule has 1 aromatic rings. The van der Waals surface area contributed by atoms with E-state index in [1.54, 1.807) is 23.1 Å². The zero-order valence-electron chi connectivity index (χ0n) is 11.2. The lowest BCUT2D eigenvalue weighted by molar-refractivity contribution is 0.0740. The molecule has 0 saturated carbocycles. The van der Waals surface area contributed by atoms with E-state index >= 15 is 0 Å². The van der Waals surface area contributed by atoms with Gasteiger partial charge in [-0.2, -0.15) is 5.26 Å². The highest BCUT2D eigenvalue weighted by atomic mass is 35.5. The van der Waals surface area contributed by atoms with Crippen LogP contribution >= 0.6 is 11.6 Å². The van der Waals surface area contributed by atoms with E-state index in [0.29, 0.717) is 41.7 Å². The van der Waals surface area contributed by atoms with E-state index in [1.165, 1.54) is 0 Å². The maximum Gasteiger partial charge on any atom is 0.253 e. The average Bonchev–Trinajstić information content (AvgIpc) is 2.36. The number of carbonyl (C=O) groups is 1. The van der Waals surface area contributed by atoms with Crippen LogP contribution in [0, 0.1) is 17.2 Å². The lowest BCUT2D eigenvalue weighted by atomic mass is 10.1. The first-order chi connectivity index (χ1) is 8.95. The normalized spacial score (nSPS) is 10.3. The van der Waals surface area contributed by atoms with Crippen molar-refractivity contribution in [3.63, 3.8) is 0 Å². The number of rotatable bonds is 5. The molecule has 0 bridgehead atoms. The molecule has 0 aliphatic heterocycles. The molecule has 0 unspecified atom stereocenters. The Morgan fingerprint density at radius 2 is 2.21 bits per heavy atom. The number of carbonyl (C=O) groups excluding carboxylic acids is 1. The lowest BCUT2D eigenvalue weighted by Gasteiger charge is -2.23. The predicted molar refractivity (Wildman–Crippen MR) is 76.8 cm³/mol. The number of nitrogens with two attached hydrogens (primary N) is 1. The molecular weight excluding hydrogens is 262 g/mol. The SMILES string of the molecule is CC(C)CN(CCC#N)C(=O)c1ccc(N)c(Cl)c1. The number of halogens is 1. The summed E-state index contributed by atoms with van der Waals surface area (Å²) in [5, 5.41) is 9.03. The fraction of sp³-hybridized carbons (Fsp3) is 0.429. The van der Waals surface area contributed by atoms with Gasteiger partial charge in [-0.05, 0) is 24.1 Å². The second kappa shape index (κ2) is 7.01. The highest BCUT2D eigenvalue weighted by Crippen LogP contribution is 2.21. The van der Waals surface area contributed by atoms with Crippen molar-refractivity contribution >= 4 is 23.2 Å². The van der Waals surface area contributed by atoms with Gasteiger partial charge < -0.3 is 10.6 Å². The van der Waals surface area contributed by atoms with E-state index < -0.39 is 0 Å². The summed E-state index contributed by atoms with van der Waals surface area (Å²) in [6.07, 6.45) is 0.321. The molecule has 0 fully saturated rings. The van der Waals surface area contributed by atoms with E-state index in [4.69, 9.17) is 22.6 Å². The molecule has 4 nitrogen and oxygen atoms in total. The second-order valence-electron chi connectivity index (χ2n) is 4.79. The lowest BCUT2D eigenvalue weighted by Crippen LogP contribution is -2.35. The first-order valence-electron chi connectivity index (χ1n) is 6.17. The summed E-state index contributed by atoms with van der Waals surface area (Å²) in [4.78, 5) is 14.0. The van der Waals surface area contributed by atoms with Crippen LogP contribution in [0.1, 0.15) is 30.6 Å². The maximum absolute atomic E-state index is 12.4. The Morgan fingerprint density at radius 3 is 2.74 bits per heavy atom. The Labute approximate surface area is 118 Å². The average molecular weight is 280 g/mol. The summed E-state index contributed by atoms with van der Waals surface area (Å²) in [5.41, 5.74) is 6.57. The topological polar surface area (TPSA) is 70.1 Å². The van der Waals surface area contributed by atoms with Gasteiger partial charge in [0.1, 0.15) is 0 Å². The van der Waals surface area contributed by atoms with Crippen LogP contribution in [0.3, 0.4) is 0 Å². The van der Waals surface area contributed by atoms with Gasteiger partial charge in [-0.1, -0.05) is 25.4 Å². The molecule has 0 aliphatic rings. The molecular formula is C14H18ClN3O. The monoisotopic (exact) mass is 279 g/mol. The van der Waals surface area contributed by atoms with Crippen LogP contribution in [0.15, 0.2) is 18.2 Å². The van der Waals surface area contributed by atoms with Crippen LogP contribution in [0.25, 0.3) is 0 Å². The van der Waals surface area contributed by atoms with Crippen molar-refractivity contribution in [2.24, 2.45) is 5.92 Å². The summed E-state index contributed by atoms with van der Waals surface area (Å²) >= 11 is 5.92. The van der Waals surface area contributed by atoms with Crippen LogP contribution in [-0.2, 0) is 0 Å². The van der Waals surface area contributed by atoms with E-state index in [9.17, 15) is 4.79 Å². The molecule has 1 amide bonds. The fourth-order valence-corrected chi connectivity index (χ4v) is 1.92. The standard InChI is InChI=1S/C14H18ClN3O/c1-10(2)9-18(7-3-6-16)14(19)11-4-5-13(17)12(15)8-11/h4-5,8,10H,3,7,9,17H2,1-2H3. The Balaban J connectivity index is 2.91. The minimum atomic E-state index is -0.120. The van der Waals surface area contributed by atoms with Gasteiger partial charge in [0, 0.05) is 18.7 Å². The maximum atomic E-state index is 12.4. The third kappa shape index (κ3) is 4.46. The number of nitrogen functional groups attached to an aromatic ring is 1. The number of amides is 1. The third-order valence-corrected chi connectivity index (χ3v) is 2.94. The summed E-state index contributed by atoms with van der Waals surface area (Å²) in [5.74, 6) is 0.220. The minimum absolute atomic E-state index is 0.120. The number of benzene rings is 1. The van der Waals surface area contributed by atoms with Crippen LogP contribution in [0.5, 0.6) is 0 Å². The highest BCUT2D eigenvalue weighted by Gasteiger charge is 2.17. The second-order valence-corrected chi connectivity index (χ2v) is 5.20. The molecule has 0 radical (unpaired) electrons. The summed E-state index contributed by atoms with van der Waals surface area (Å²) < 4.78 is 0. The smallest absolute Gasteiger partial charge is 0.253 e. The van der Waals surface area contributed by atoms with Crippen molar-refractivity contribution in [1.82, 2.24) is 4.90 Å². The van der Waals surface area contributed by atoms with E-state index in [2.05, 4.69) is 6.07 Å². The van der Waals surface area contributed by atoms with Crippen LogP contribution in [0.2, 0.25) is 5.02 Å². The van der Waals surface area contributed by atoms with E-state index in [-0.39, 0.29) is 5.91 Å². The van der Waals surface area contributed by atoms with E-state index in [1.807, 2.05) is 13.8 Å². The van der Waals surface area contributed by atoms with Gasteiger partial charge >= 0.3 is 0 Å². The van der Waals surface area contributed by atoms with Gasteiger partial charge in [0.2, 0.25) is 0 Å². The molecule has 2 N–H and O–H groups in total. The number of hydrogen-bond donors (Lipinski definition) is 1. The molecule has 0 atom stereocenters. The van der Waals surface area contributed by atoms with Crippen LogP contribution < -0.4 is 5.73 Å². The molecule has 102 valence electrons. The molecule has 0 aliphatic carbocycles. The van der Waals surface area contributed by atoms with Gasteiger partial charge in [-0.3, -0.25) is 4.79 Å². The molecule has 0 aromatic heterocycles. The number of hydrogen-bond acceptors (Lipinski definition) is 3. The van der Waals surface area contributed by atoms with Crippen molar-refractivity contribution in [2.75, 3.05) is 18.8 Å². The van der Waals surface area contributed by atoms with Gasteiger partial charge in [0.15, 0.2) is 0 Å². The van der Waals surface area contributed by atoms with Crippen molar-refractivity contribution in [3.8, 4) is 6.07 Å². The quantitative estimate of drug-likeness (QED) is 0.843.